The Bertz CT molecular complexity index is 477. The van der Waals surface area contributed by atoms with Crippen molar-refractivity contribution < 1.29 is 9.53 Å². The molecule has 1 heterocycles. The number of nitrogens with zero attached hydrogens (tertiary/aromatic N) is 2. The summed E-state index contributed by atoms with van der Waals surface area (Å²) in [6, 6.07) is 0. The summed E-state index contributed by atoms with van der Waals surface area (Å²) < 4.78 is 4.74. The van der Waals surface area contributed by atoms with Crippen molar-refractivity contribution >= 4 is 23.5 Å². The lowest BCUT2D eigenvalue weighted by Gasteiger charge is -2.14. The van der Waals surface area contributed by atoms with Gasteiger partial charge < -0.3 is 10.2 Å². The number of carbonyl (C=O) groups is 1. The highest BCUT2D eigenvalue weighted by molar-refractivity contribution is 7.99. The van der Waals surface area contributed by atoms with Crippen LogP contribution in [0.2, 0.25) is 0 Å². The highest BCUT2D eigenvalue weighted by atomic mass is 32.2. The smallest absolute Gasteiger partial charge is 0.306 e. The summed E-state index contributed by atoms with van der Waals surface area (Å²) in [6.45, 7) is 1.93. The van der Waals surface area contributed by atoms with Gasteiger partial charge in [0.15, 0.2) is 0 Å². The lowest BCUT2D eigenvalue weighted by atomic mass is 10.1. The van der Waals surface area contributed by atoms with Gasteiger partial charge in [0.25, 0.3) is 0 Å². The number of nitrogen functional groups attached to an aromatic ring is 1. The van der Waals surface area contributed by atoms with Gasteiger partial charge in [-0.25, -0.2) is 15.8 Å². The zero-order valence-electron chi connectivity index (χ0n) is 11.1. The number of methoxy groups -OCH3 is 1. The normalized spacial score (nSPS) is 15.9. The predicted molar refractivity (Wildman–Crippen MR) is 73.6 cm³/mol. The van der Waals surface area contributed by atoms with Crippen LogP contribution in [0, 0.1) is 12.3 Å². The van der Waals surface area contributed by atoms with Gasteiger partial charge in [0.2, 0.25) is 0 Å². The molecule has 1 aromatic heterocycles. The van der Waals surface area contributed by atoms with Crippen LogP contribution in [0.4, 0.5) is 5.82 Å². The van der Waals surface area contributed by atoms with E-state index in [4.69, 9.17) is 10.6 Å². The molecule has 3 N–H and O–H groups in total. The zero-order valence-corrected chi connectivity index (χ0v) is 11.9. The summed E-state index contributed by atoms with van der Waals surface area (Å²) in [5, 5.41) is 0.902. The molecule has 0 aromatic carbocycles. The molecule has 0 radical (unpaired) electrons. The summed E-state index contributed by atoms with van der Waals surface area (Å²) in [6.07, 6.45) is 4.12. The number of nitrogens with one attached hydrogen (secondary N) is 1. The van der Waals surface area contributed by atoms with Gasteiger partial charge in [0.1, 0.15) is 17.2 Å². The van der Waals surface area contributed by atoms with E-state index < -0.39 is 0 Å². The van der Waals surface area contributed by atoms with Crippen LogP contribution in [0.1, 0.15) is 24.8 Å². The summed E-state index contributed by atoms with van der Waals surface area (Å²) in [5.41, 5.74) is 3.57. The molecule has 0 atom stereocenters. The first-order valence-electron chi connectivity index (χ1n) is 6.08. The maximum absolute atomic E-state index is 11.4. The van der Waals surface area contributed by atoms with Crippen molar-refractivity contribution in [3.8, 4) is 0 Å². The number of anilines is 1. The van der Waals surface area contributed by atoms with Crippen LogP contribution < -0.4 is 11.3 Å². The van der Waals surface area contributed by atoms with Gasteiger partial charge in [-0.2, -0.15) is 0 Å². The van der Waals surface area contributed by atoms with E-state index in [9.17, 15) is 4.79 Å². The maximum Gasteiger partial charge on any atom is 0.306 e. The zero-order chi connectivity index (χ0) is 13.9. The number of thioether (sulfide) groups is 1. The van der Waals surface area contributed by atoms with Gasteiger partial charge in [-0.05, 0) is 25.2 Å². The van der Waals surface area contributed by atoms with Gasteiger partial charge in [-0.3, -0.25) is 4.79 Å². The Balaban J connectivity index is 1.97. The molecule has 104 valence electrons. The van der Waals surface area contributed by atoms with Crippen molar-refractivity contribution in [1.29, 1.82) is 0 Å². The standard InChI is InChI=1S/C12H18N4O2S/c1-8-10(16-13)14-7-15-11(8)19-6-12(3-4-12)5-9(17)18-2/h7H,3-6,13H2,1-2H3,(H,14,15,16). The average Bonchev–Trinajstić information content (AvgIpc) is 3.17. The number of carbonyl (C=O) groups excluding carboxylic acids is 1. The van der Waals surface area contributed by atoms with Gasteiger partial charge >= 0.3 is 5.97 Å². The molecule has 2 rings (SSSR count). The van der Waals surface area contributed by atoms with Crippen molar-refractivity contribution in [2.75, 3.05) is 18.3 Å². The van der Waals surface area contributed by atoms with E-state index in [2.05, 4.69) is 15.4 Å². The summed E-state index contributed by atoms with van der Waals surface area (Å²) in [5.74, 6) is 6.75. The van der Waals surface area contributed by atoms with Gasteiger partial charge in [-0.15, -0.1) is 11.8 Å². The molecule has 1 aromatic rings. The number of aromatic nitrogens is 2. The summed E-state index contributed by atoms with van der Waals surface area (Å²) >= 11 is 1.64. The molecule has 0 unspecified atom stereocenters. The number of hydrogen-bond acceptors (Lipinski definition) is 7. The van der Waals surface area contributed by atoms with E-state index in [0.29, 0.717) is 12.2 Å². The van der Waals surface area contributed by atoms with Crippen LogP contribution in [0.3, 0.4) is 0 Å². The van der Waals surface area contributed by atoms with E-state index in [-0.39, 0.29) is 11.4 Å². The van der Waals surface area contributed by atoms with Gasteiger partial charge in [0.05, 0.1) is 13.5 Å². The Labute approximate surface area is 116 Å². The monoisotopic (exact) mass is 282 g/mol. The molecule has 0 saturated heterocycles. The maximum atomic E-state index is 11.4. The first-order chi connectivity index (χ1) is 9.10. The van der Waals surface area contributed by atoms with Crippen LogP contribution in [-0.2, 0) is 9.53 Å². The Morgan fingerprint density at radius 3 is 2.89 bits per heavy atom. The van der Waals surface area contributed by atoms with Crippen LogP contribution >= 0.6 is 11.8 Å². The van der Waals surface area contributed by atoms with Crippen molar-refractivity contribution in [3.63, 3.8) is 0 Å². The number of hydrazine groups is 1. The fourth-order valence-corrected chi connectivity index (χ4v) is 3.14. The third-order valence-corrected chi connectivity index (χ3v) is 4.84. The molecule has 1 saturated carbocycles. The Kier molecular flexibility index (Phi) is 4.26. The highest BCUT2D eigenvalue weighted by Gasteiger charge is 2.44. The second kappa shape index (κ2) is 5.75. The molecule has 7 heteroatoms. The molecule has 0 aliphatic heterocycles. The second-order valence-corrected chi connectivity index (χ2v) is 5.80. The number of rotatable bonds is 6. The van der Waals surface area contributed by atoms with E-state index in [0.717, 1.165) is 29.2 Å². The lowest BCUT2D eigenvalue weighted by molar-refractivity contribution is -0.141. The Morgan fingerprint density at radius 1 is 1.58 bits per heavy atom. The first-order valence-corrected chi connectivity index (χ1v) is 7.06. The Hall–Kier alpha value is -1.34. The molecule has 1 aliphatic rings. The largest absolute Gasteiger partial charge is 0.469 e. The molecule has 0 amide bonds. The van der Waals surface area contributed by atoms with E-state index in [1.807, 2.05) is 6.92 Å². The minimum atomic E-state index is -0.137. The molecule has 1 fully saturated rings. The number of ether oxygens (including phenoxy) is 1. The third-order valence-electron chi connectivity index (χ3n) is 3.39. The fourth-order valence-electron chi connectivity index (χ4n) is 1.87. The van der Waals surface area contributed by atoms with Crippen molar-refractivity contribution in [2.45, 2.75) is 31.2 Å². The number of hydrogen-bond donors (Lipinski definition) is 2. The van der Waals surface area contributed by atoms with Crippen LogP contribution in [0.15, 0.2) is 11.4 Å². The molecule has 0 spiro atoms. The molecule has 0 bridgehead atoms. The van der Waals surface area contributed by atoms with Crippen molar-refractivity contribution in [3.05, 3.63) is 11.9 Å². The van der Waals surface area contributed by atoms with Crippen molar-refractivity contribution in [2.24, 2.45) is 11.3 Å². The van der Waals surface area contributed by atoms with Crippen molar-refractivity contribution in [1.82, 2.24) is 9.97 Å². The molecular weight excluding hydrogens is 264 g/mol. The third kappa shape index (κ3) is 3.36. The summed E-state index contributed by atoms with van der Waals surface area (Å²) in [7, 11) is 1.43. The van der Waals surface area contributed by atoms with E-state index >= 15 is 0 Å². The first kappa shape index (κ1) is 14.1. The molecule has 1 aliphatic carbocycles. The van der Waals surface area contributed by atoms with Crippen LogP contribution in [-0.4, -0.2) is 28.8 Å². The Morgan fingerprint density at radius 2 is 2.32 bits per heavy atom. The topological polar surface area (TPSA) is 90.1 Å². The van der Waals surface area contributed by atoms with E-state index in [1.165, 1.54) is 13.4 Å². The van der Waals surface area contributed by atoms with Crippen LogP contribution in [0.25, 0.3) is 0 Å². The lowest BCUT2D eigenvalue weighted by Crippen LogP contribution is -2.14. The molecule has 19 heavy (non-hydrogen) atoms. The number of nitrogens with two attached hydrogens (primary N) is 1. The number of esters is 1. The highest BCUT2D eigenvalue weighted by Crippen LogP contribution is 2.52. The van der Waals surface area contributed by atoms with Gasteiger partial charge in [0, 0.05) is 11.3 Å². The quantitative estimate of drug-likeness (QED) is 0.269. The second-order valence-electron chi connectivity index (χ2n) is 4.84. The fraction of sp³-hybridized carbons (Fsp3) is 0.583. The molecule has 6 nitrogen and oxygen atoms in total. The SMILES string of the molecule is COC(=O)CC1(CSc2ncnc(NN)c2C)CC1. The average molecular weight is 282 g/mol. The predicted octanol–water partition coefficient (Wildman–Crippen LogP) is 1.51. The molecular formula is C12H18N4O2S. The van der Waals surface area contributed by atoms with Crippen LogP contribution in [0.5, 0.6) is 0 Å². The van der Waals surface area contributed by atoms with E-state index in [1.54, 1.807) is 11.8 Å². The summed E-state index contributed by atoms with van der Waals surface area (Å²) in [4.78, 5) is 19.7. The minimum absolute atomic E-state index is 0.0887. The minimum Gasteiger partial charge on any atom is -0.469 e. The van der Waals surface area contributed by atoms with Gasteiger partial charge in [-0.1, -0.05) is 0 Å².